The molecule has 1 aromatic rings. The molecule has 0 aromatic heterocycles. The van der Waals surface area contributed by atoms with Crippen molar-refractivity contribution in [3.63, 3.8) is 0 Å². The molecule has 1 heterocycles. The van der Waals surface area contributed by atoms with Crippen molar-refractivity contribution >= 4 is 33.8 Å². The summed E-state index contributed by atoms with van der Waals surface area (Å²) in [5, 5.41) is 0. The minimum Gasteiger partial charge on any atom is -0.399 e. The number of nitrogens with two attached hydrogens (primary N) is 1. The van der Waals surface area contributed by atoms with E-state index in [1.165, 1.54) is 0 Å². The van der Waals surface area contributed by atoms with Crippen LogP contribution in [0.3, 0.4) is 0 Å². The number of amides is 1. The Morgan fingerprint density at radius 1 is 1.42 bits per heavy atom. The summed E-state index contributed by atoms with van der Waals surface area (Å²) in [6, 6.07) is 6.43. The maximum atomic E-state index is 12.2. The van der Waals surface area contributed by atoms with Gasteiger partial charge in [0.2, 0.25) is 0 Å². The number of hydrogen-bond acceptors (Lipinski definition) is 4. The number of sulfone groups is 1. The minimum atomic E-state index is -3.01. The van der Waals surface area contributed by atoms with Gasteiger partial charge in [0.25, 0.3) is 5.91 Å². The molecule has 106 valence electrons. The average Bonchev–Trinajstić information content (AvgIpc) is 2.27. The molecule has 0 aliphatic carbocycles. The van der Waals surface area contributed by atoms with E-state index in [-0.39, 0.29) is 42.4 Å². The first-order chi connectivity index (χ1) is 8.39. The van der Waals surface area contributed by atoms with Crippen molar-refractivity contribution in [3.8, 4) is 0 Å². The maximum absolute atomic E-state index is 12.2. The van der Waals surface area contributed by atoms with Crippen LogP contribution in [-0.2, 0) is 9.84 Å². The number of rotatable bonds is 1. The first kappa shape index (κ1) is 15.8. The van der Waals surface area contributed by atoms with Crippen LogP contribution in [0.4, 0.5) is 5.69 Å². The zero-order valence-electron chi connectivity index (χ0n) is 10.6. The molecule has 1 aromatic carbocycles. The van der Waals surface area contributed by atoms with Crippen LogP contribution in [0.2, 0.25) is 0 Å². The highest BCUT2D eigenvalue weighted by atomic mass is 35.5. The predicted octanol–water partition coefficient (Wildman–Crippen LogP) is 0.950. The number of halogens is 1. The van der Waals surface area contributed by atoms with E-state index in [9.17, 15) is 13.2 Å². The highest BCUT2D eigenvalue weighted by Gasteiger charge is 2.31. The van der Waals surface area contributed by atoms with Crippen molar-refractivity contribution in [1.29, 1.82) is 0 Å². The topological polar surface area (TPSA) is 80.5 Å². The van der Waals surface area contributed by atoms with Crippen molar-refractivity contribution in [2.24, 2.45) is 0 Å². The molecule has 1 amide bonds. The molecule has 0 spiro atoms. The molecule has 7 heteroatoms. The Morgan fingerprint density at radius 2 is 2.11 bits per heavy atom. The second-order valence-electron chi connectivity index (χ2n) is 4.59. The van der Waals surface area contributed by atoms with E-state index in [1.54, 1.807) is 36.1 Å². The van der Waals surface area contributed by atoms with Crippen LogP contribution in [0.15, 0.2) is 24.3 Å². The Hall–Kier alpha value is -1.27. The fourth-order valence-electron chi connectivity index (χ4n) is 2.14. The van der Waals surface area contributed by atoms with Crippen molar-refractivity contribution in [3.05, 3.63) is 29.8 Å². The summed E-state index contributed by atoms with van der Waals surface area (Å²) in [5.74, 6) is -0.100. The molecule has 5 nitrogen and oxygen atoms in total. The normalized spacial score (nSPS) is 21.5. The Balaban J connectivity index is 0.00000180. The Morgan fingerprint density at radius 3 is 2.68 bits per heavy atom. The van der Waals surface area contributed by atoms with E-state index >= 15 is 0 Å². The summed E-state index contributed by atoms with van der Waals surface area (Å²) in [7, 11) is -3.01. The summed E-state index contributed by atoms with van der Waals surface area (Å²) in [6.07, 6.45) is 0. The quantitative estimate of drug-likeness (QED) is 0.783. The van der Waals surface area contributed by atoms with Gasteiger partial charge in [-0.2, -0.15) is 0 Å². The molecule has 2 N–H and O–H groups in total. The van der Waals surface area contributed by atoms with Gasteiger partial charge in [0.15, 0.2) is 9.84 Å². The molecule has 1 saturated heterocycles. The van der Waals surface area contributed by atoms with Gasteiger partial charge >= 0.3 is 0 Å². The van der Waals surface area contributed by atoms with Gasteiger partial charge in [-0.05, 0) is 25.1 Å². The predicted molar refractivity (Wildman–Crippen MR) is 77.3 cm³/mol. The summed E-state index contributed by atoms with van der Waals surface area (Å²) in [6.45, 7) is 2.00. The number of benzene rings is 1. The highest BCUT2D eigenvalue weighted by molar-refractivity contribution is 7.91. The van der Waals surface area contributed by atoms with E-state index in [2.05, 4.69) is 0 Å². The fraction of sp³-hybridized carbons (Fsp3) is 0.417. The highest BCUT2D eigenvalue weighted by Crippen LogP contribution is 2.16. The van der Waals surface area contributed by atoms with E-state index in [4.69, 9.17) is 5.73 Å². The third kappa shape index (κ3) is 3.61. The fourth-order valence-corrected chi connectivity index (χ4v) is 3.69. The number of anilines is 1. The molecule has 1 atom stereocenters. The number of nitrogen functional groups attached to an aromatic ring is 1. The largest absolute Gasteiger partial charge is 0.399 e. The lowest BCUT2D eigenvalue weighted by atomic mass is 10.1. The van der Waals surface area contributed by atoms with Crippen LogP contribution in [0.5, 0.6) is 0 Å². The molecule has 0 saturated carbocycles. The Bertz CT molecular complexity index is 574. The van der Waals surface area contributed by atoms with Gasteiger partial charge in [0, 0.05) is 23.8 Å². The van der Waals surface area contributed by atoms with E-state index in [0.29, 0.717) is 11.3 Å². The molecule has 0 bridgehead atoms. The minimum absolute atomic E-state index is 0. The van der Waals surface area contributed by atoms with Gasteiger partial charge in [0.05, 0.1) is 11.5 Å². The van der Waals surface area contributed by atoms with E-state index in [0.717, 1.165) is 0 Å². The molecular weight excluding hydrogens is 288 g/mol. The number of carbonyl (C=O) groups is 1. The monoisotopic (exact) mass is 304 g/mol. The number of nitrogens with zero attached hydrogens (tertiary/aromatic N) is 1. The molecule has 1 fully saturated rings. The van der Waals surface area contributed by atoms with Crippen LogP contribution < -0.4 is 5.73 Å². The summed E-state index contributed by atoms with van der Waals surface area (Å²) in [4.78, 5) is 13.8. The lowest BCUT2D eigenvalue weighted by Crippen LogP contribution is -2.49. The molecule has 1 aliphatic rings. The number of carbonyl (C=O) groups excluding carboxylic acids is 1. The van der Waals surface area contributed by atoms with Gasteiger partial charge in [-0.25, -0.2) is 8.42 Å². The second kappa shape index (κ2) is 5.79. The third-order valence-electron chi connectivity index (χ3n) is 3.06. The van der Waals surface area contributed by atoms with Gasteiger partial charge in [-0.15, -0.1) is 12.4 Å². The van der Waals surface area contributed by atoms with Crippen LogP contribution in [0, 0.1) is 0 Å². The van der Waals surface area contributed by atoms with Crippen molar-refractivity contribution in [2.45, 2.75) is 13.0 Å². The van der Waals surface area contributed by atoms with E-state index in [1.807, 2.05) is 0 Å². The molecule has 0 radical (unpaired) electrons. The molecular formula is C12H17ClN2O3S. The standard InChI is InChI=1S/C12H16N2O3S.ClH/c1-9-8-18(16,17)6-5-14(9)12(15)10-3-2-4-11(13)7-10;/h2-4,7,9H,5-6,8,13H2,1H3;1H. The van der Waals surface area contributed by atoms with Gasteiger partial charge in [0.1, 0.15) is 0 Å². The van der Waals surface area contributed by atoms with Crippen LogP contribution in [-0.4, -0.2) is 43.3 Å². The smallest absolute Gasteiger partial charge is 0.254 e. The van der Waals surface area contributed by atoms with Gasteiger partial charge in [-0.1, -0.05) is 6.07 Å². The zero-order chi connectivity index (χ0) is 13.3. The first-order valence-electron chi connectivity index (χ1n) is 5.76. The van der Waals surface area contributed by atoms with Crippen LogP contribution >= 0.6 is 12.4 Å². The van der Waals surface area contributed by atoms with Crippen molar-refractivity contribution in [1.82, 2.24) is 4.90 Å². The third-order valence-corrected chi connectivity index (χ3v) is 4.86. The zero-order valence-corrected chi connectivity index (χ0v) is 12.2. The summed E-state index contributed by atoms with van der Waals surface area (Å²) in [5.41, 5.74) is 6.66. The molecule has 1 aliphatic heterocycles. The Kier molecular flexibility index (Phi) is 4.81. The van der Waals surface area contributed by atoms with Crippen LogP contribution in [0.25, 0.3) is 0 Å². The van der Waals surface area contributed by atoms with Crippen molar-refractivity contribution < 1.29 is 13.2 Å². The molecule has 2 rings (SSSR count). The summed E-state index contributed by atoms with van der Waals surface area (Å²) >= 11 is 0. The maximum Gasteiger partial charge on any atom is 0.254 e. The number of hydrogen-bond donors (Lipinski definition) is 1. The average molecular weight is 305 g/mol. The van der Waals surface area contributed by atoms with Gasteiger partial charge < -0.3 is 10.6 Å². The van der Waals surface area contributed by atoms with Crippen molar-refractivity contribution in [2.75, 3.05) is 23.8 Å². The molecule has 19 heavy (non-hydrogen) atoms. The van der Waals surface area contributed by atoms with Crippen LogP contribution in [0.1, 0.15) is 17.3 Å². The van der Waals surface area contributed by atoms with Gasteiger partial charge in [-0.3, -0.25) is 4.79 Å². The first-order valence-corrected chi connectivity index (χ1v) is 7.58. The van der Waals surface area contributed by atoms with E-state index < -0.39 is 9.84 Å². The second-order valence-corrected chi connectivity index (χ2v) is 6.82. The molecule has 1 unspecified atom stereocenters. The Labute approximate surface area is 119 Å². The summed E-state index contributed by atoms with van der Waals surface area (Å²) < 4.78 is 22.9. The SMILES string of the molecule is CC1CS(=O)(=O)CCN1C(=O)c1cccc(N)c1.Cl. The lowest BCUT2D eigenvalue weighted by molar-refractivity contribution is 0.0712. The lowest BCUT2D eigenvalue weighted by Gasteiger charge is -2.33.